The molecule has 1 aliphatic heterocycles. The van der Waals surface area contributed by atoms with Gasteiger partial charge in [0.2, 0.25) is 0 Å². The Morgan fingerprint density at radius 3 is 1.05 bits per heavy atom. The molecule has 0 unspecified atom stereocenters. The zero-order valence-electron chi connectivity index (χ0n) is 69.7. The molecule has 623 valence electrons. The molecule has 0 spiro atoms. The largest absolute Gasteiger partial charge is 0.569 e. The van der Waals surface area contributed by atoms with E-state index in [0.29, 0.717) is 48.3 Å². The maximum absolute atomic E-state index is 8.17. The second-order valence-corrected chi connectivity index (χ2v) is 32.2. The molecule has 1 aliphatic rings. The van der Waals surface area contributed by atoms with Crippen LogP contribution >= 0.6 is 60.1 Å². The monoisotopic (exact) mass is 1930 g/mol. The summed E-state index contributed by atoms with van der Waals surface area (Å²) in [6, 6.07) is 134. The van der Waals surface area contributed by atoms with Crippen molar-refractivity contribution in [1.29, 1.82) is 0 Å². The lowest BCUT2D eigenvalue weighted by atomic mass is 9.89. The van der Waals surface area contributed by atoms with E-state index in [-0.39, 0.29) is 0 Å². The van der Waals surface area contributed by atoms with Crippen LogP contribution in [0.3, 0.4) is 0 Å². The summed E-state index contributed by atoms with van der Waals surface area (Å²) in [7, 11) is 0.0259. The van der Waals surface area contributed by atoms with Crippen molar-refractivity contribution < 1.29 is 19.0 Å². The van der Waals surface area contributed by atoms with E-state index in [1.165, 1.54) is 16.2 Å². The highest BCUT2D eigenvalue weighted by molar-refractivity contribution is 9.93. The number of rotatable bonds is 11. The Hall–Kier alpha value is -13.8. The summed E-state index contributed by atoms with van der Waals surface area (Å²) in [5, 5.41) is 31.9. The van der Waals surface area contributed by atoms with Gasteiger partial charge < -0.3 is 19.0 Å². The van der Waals surface area contributed by atoms with E-state index in [0.717, 1.165) is 120 Å². The van der Waals surface area contributed by atoms with E-state index in [1.807, 2.05) is 288 Å². The third kappa shape index (κ3) is 19.3. The van der Waals surface area contributed by atoms with E-state index in [9.17, 15) is 0 Å². The van der Waals surface area contributed by atoms with Crippen molar-refractivity contribution in [2.24, 2.45) is 0 Å². The van der Waals surface area contributed by atoms with Gasteiger partial charge in [-0.2, -0.15) is 20.4 Å². The van der Waals surface area contributed by atoms with Crippen LogP contribution in [-0.4, -0.2) is 99.4 Å². The average molecular weight is 1930 g/mol. The van der Waals surface area contributed by atoms with Crippen molar-refractivity contribution in [1.82, 2.24) is 68.4 Å². The molecule has 1 saturated heterocycles. The predicted molar refractivity (Wildman–Crippen MR) is 532 cm³/mol. The summed E-state index contributed by atoms with van der Waals surface area (Å²) >= 11 is 12.6. The van der Waals surface area contributed by atoms with Crippen molar-refractivity contribution in [2.45, 2.75) is 38.9 Å². The first-order chi connectivity index (χ1) is 62.7. The number of nitrogens with zero attached hydrogens (tertiary/aromatic N) is 14. The molecule has 0 saturated carbocycles. The molecule has 0 bridgehead atoms. The zero-order valence-corrected chi connectivity index (χ0v) is 76.0. The van der Waals surface area contributed by atoms with Crippen LogP contribution in [0.4, 0.5) is 0 Å². The lowest BCUT2D eigenvalue weighted by Crippen LogP contribution is -2.41. The van der Waals surface area contributed by atoms with Crippen molar-refractivity contribution >= 4 is 146 Å². The molecule has 1 radical (unpaired) electrons. The number of benzene rings is 12. The fraction of sp³-hybridized carbons (Fsp3) is 0.0577. The Bertz CT molecular complexity index is 7420. The molecule has 18 nitrogen and oxygen atoms in total. The highest BCUT2D eigenvalue weighted by Gasteiger charge is 2.53. The van der Waals surface area contributed by atoms with Gasteiger partial charge in [-0.15, -0.1) is 0 Å². The molecule has 23 rings (SSSR count). The first-order valence-corrected chi connectivity index (χ1v) is 46.5. The Labute approximate surface area is 772 Å². The minimum atomic E-state index is -0.636. The highest BCUT2D eigenvalue weighted by Crippen LogP contribution is 2.40. The summed E-state index contributed by atoms with van der Waals surface area (Å²) in [6.45, 7) is 8.07. The van der Waals surface area contributed by atoms with Crippen LogP contribution in [0.1, 0.15) is 27.7 Å². The molecular weight excluding hydrogens is 1850 g/mol. The number of hydrogen-bond acceptors (Lipinski definition) is 14. The maximum atomic E-state index is 8.17. The summed E-state index contributed by atoms with van der Waals surface area (Å²) in [6.07, 6.45) is 0. The fourth-order valence-corrected chi connectivity index (χ4v) is 15.8. The topological polar surface area (TPSA) is 194 Å². The molecule has 22 aromatic rings. The summed E-state index contributed by atoms with van der Waals surface area (Å²) in [4.78, 5) is 28.9. The molecule has 1 fully saturated rings. The van der Waals surface area contributed by atoms with Gasteiger partial charge in [-0.1, -0.05) is 328 Å². The van der Waals surface area contributed by atoms with Crippen molar-refractivity contribution in [3.63, 3.8) is 0 Å². The number of fused-ring (bicyclic) bond motifs is 12. The molecule has 10 aromatic heterocycles. The second kappa shape index (κ2) is 39.8. The van der Waals surface area contributed by atoms with Gasteiger partial charge in [0.1, 0.15) is 16.0 Å². The van der Waals surface area contributed by atoms with E-state index >= 15 is 0 Å². The Balaban J connectivity index is 0.000000113. The van der Waals surface area contributed by atoms with Gasteiger partial charge in [-0.05, 0) is 132 Å². The van der Waals surface area contributed by atoms with Crippen molar-refractivity contribution in [2.75, 3.05) is 0 Å². The van der Waals surface area contributed by atoms with Crippen LogP contribution < -0.4 is 10.4 Å². The van der Waals surface area contributed by atoms with Gasteiger partial charge in [0.25, 0.3) is 0 Å². The van der Waals surface area contributed by atoms with Crippen LogP contribution in [0.2, 0.25) is 0 Å². The van der Waals surface area contributed by atoms with Gasteiger partial charge in [0.05, 0.1) is 76.8 Å². The third-order valence-corrected chi connectivity index (χ3v) is 23.0. The molecule has 24 heteroatoms. The SMILES string of the molecule is BrBr.Brc1c(-c2ccccc2)nn2c1ccc1ccccc12.Brc1cc2ccc3ccccc3n2n1.CC1(C)OB(c2nc(-c3ccccc3)nc(-c3ccccc3)n2)OC1(C)C.O[B]Oc1ccccc1.c1ccc(-c2cc3ccc4ccccc4n3n2)cc1.c1ccc(-c2nc(-c3ccccc3)nc(-c3c(-c4ccccc4)nn4c3ccc3ccccc34)n2)cc1. The maximum Gasteiger partial charge on any atom is 0.569 e. The smallest absolute Gasteiger partial charge is 0.537 e. The third-order valence-electron chi connectivity index (χ3n) is 21.8. The predicted octanol–water partition coefficient (Wildman–Crippen LogP) is 25.4. The normalized spacial score (nSPS) is 12.3. The Morgan fingerprint density at radius 2 is 0.625 bits per heavy atom. The average Bonchev–Trinajstić information content (AvgIpc) is 1.60. The molecule has 128 heavy (non-hydrogen) atoms. The molecular formula is C104H79B2Br4N14O4. The van der Waals surface area contributed by atoms with Crippen molar-refractivity contribution in [3.8, 4) is 96.5 Å². The number of halogens is 4. The lowest BCUT2D eigenvalue weighted by Gasteiger charge is -2.32. The zero-order chi connectivity index (χ0) is 87.9. The van der Waals surface area contributed by atoms with Crippen LogP contribution in [0.5, 0.6) is 5.75 Å². The van der Waals surface area contributed by atoms with Gasteiger partial charge in [-0.3, -0.25) is 0 Å². The number of hydrogen-bond donors (Lipinski definition) is 1. The number of para-hydroxylation sites is 5. The van der Waals surface area contributed by atoms with Crippen molar-refractivity contribution in [3.05, 3.63) is 409 Å². The second-order valence-electron chi connectivity index (χ2n) is 30.6. The van der Waals surface area contributed by atoms with Crippen LogP contribution in [-0.2, 0) is 9.31 Å². The van der Waals surface area contributed by atoms with E-state index in [4.69, 9.17) is 44.6 Å². The molecule has 0 atom stereocenters. The quantitative estimate of drug-likeness (QED) is 0.120. The molecule has 0 amide bonds. The molecule has 11 heterocycles. The van der Waals surface area contributed by atoms with Gasteiger partial charge in [0, 0.05) is 88.7 Å². The highest BCUT2D eigenvalue weighted by atomic mass is 80.9. The number of aromatic nitrogens is 14. The van der Waals surface area contributed by atoms with Gasteiger partial charge in [0.15, 0.2) is 34.8 Å². The van der Waals surface area contributed by atoms with E-state index in [1.54, 1.807) is 12.1 Å². The molecule has 0 aliphatic carbocycles. The Kier molecular flexibility index (Phi) is 26.8. The Morgan fingerprint density at radius 1 is 0.305 bits per heavy atom. The molecule has 12 aromatic carbocycles. The minimum Gasteiger partial charge on any atom is -0.537 e. The van der Waals surface area contributed by atoms with E-state index in [2.05, 4.69) is 230 Å². The van der Waals surface area contributed by atoms with Crippen LogP contribution in [0, 0.1) is 0 Å². The fourth-order valence-electron chi connectivity index (χ4n) is 14.8. The minimum absolute atomic E-state index is 0.454. The number of pyridine rings is 4. The first-order valence-electron chi connectivity index (χ1n) is 41.2. The van der Waals surface area contributed by atoms with Gasteiger partial charge >= 0.3 is 14.8 Å². The standard InChI is InChI=1S/C32H21N5.C21H22BN3O2.C17H11BrN2.C17H12N2.C11H7BrN2.C6H6BO2.Br2/c1-4-13-23(14-5-1)29-28(27-21-20-22-12-10-11-19-26(22)37(27)36-29)32-34-30(24-15-6-2-7-16-24)33-31(35-32)25-17-8-3-9-18-25;1-20(2)21(3,4)27-22(26-20)19-24-17(15-11-7-5-8-12-15)23-18(25-19)16-13-9-6-10-14-16;18-16-15-11-10-12-6-4-5-9-14(12)20(15)19-17(16)13-7-2-1-3-8-13;1-2-6-13(7-3-1)16-12-15-11-10-14-8-4-5-9-17(14)19(15)18-16;12-11-7-9-6-5-8-3-1-2-4-10(8)14(9)13-11;8-7-9-6-4-2-1-3-5-6;1-2/h1-21H;5-14H,1-4H3;1-11H;1-12H;1-7H;1-5,8H;. The summed E-state index contributed by atoms with van der Waals surface area (Å²) < 4.78 is 26.8. The van der Waals surface area contributed by atoms with Crippen LogP contribution in [0.25, 0.3) is 156 Å². The first kappa shape index (κ1) is 86.3. The molecule has 1 N–H and O–H groups in total. The van der Waals surface area contributed by atoms with Gasteiger partial charge in [-0.25, -0.2) is 48.0 Å². The van der Waals surface area contributed by atoms with E-state index < -0.39 is 18.3 Å². The van der Waals surface area contributed by atoms with Crippen LogP contribution in [0.15, 0.2) is 409 Å². The lowest BCUT2D eigenvalue weighted by molar-refractivity contribution is 0.00578. The summed E-state index contributed by atoms with van der Waals surface area (Å²) in [5.41, 5.74) is 19.0. The summed E-state index contributed by atoms with van der Waals surface area (Å²) in [5.74, 6) is 3.70.